The molecule has 16 heavy (non-hydrogen) atoms. The van der Waals surface area contributed by atoms with Gasteiger partial charge in [0, 0.05) is 31.9 Å². The van der Waals surface area contributed by atoms with E-state index < -0.39 is 0 Å². The van der Waals surface area contributed by atoms with Gasteiger partial charge in [0.1, 0.15) is 0 Å². The van der Waals surface area contributed by atoms with E-state index in [2.05, 4.69) is 4.99 Å². The van der Waals surface area contributed by atoms with Crippen molar-refractivity contribution < 1.29 is 9.53 Å². The van der Waals surface area contributed by atoms with Crippen molar-refractivity contribution in [1.82, 2.24) is 0 Å². The predicted molar refractivity (Wildman–Crippen MR) is 63.1 cm³/mol. The molecule has 4 heteroatoms. The van der Waals surface area contributed by atoms with E-state index in [0.29, 0.717) is 5.90 Å². The molecule has 0 atom stereocenters. The Balaban J connectivity index is 2.17. The minimum atomic E-state index is -0.372. The fourth-order valence-corrected chi connectivity index (χ4v) is 1.32. The highest BCUT2D eigenvalue weighted by Crippen LogP contribution is 2.19. The maximum atomic E-state index is 10.8. The molecule has 0 fully saturated rings. The molecule has 1 aliphatic heterocycles. The lowest BCUT2D eigenvalue weighted by Gasteiger charge is -2.11. The van der Waals surface area contributed by atoms with Gasteiger partial charge in [-0.05, 0) is 24.3 Å². The molecule has 0 aromatic heterocycles. The summed E-state index contributed by atoms with van der Waals surface area (Å²) < 4.78 is 4.83. The minimum absolute atomic E-state index is 0.336. The Morgan fingerprint density at radius 3 is 2.31 bits per heavy atom. The van der Waals surface area contributed by atoms with Gasteiger partial charge in [0.05, 0.1) is 5.69 Å². The first-order valence-corrected chi connectivity index (χ1v) is 4.91. The van der Waals surface area contributed by atoms with E-state index in [1.54, 1.807) is 6.08 Å². The third-order valence-corrected chi connectivity index (χ3v) is 2.17. The van der Waals surface area contributed by atoms with Crippen LogP contribution in [0.25, 0.3) is 0 Å². The molecule has 0 spiro atoms. The number of rotatable bonds is 2. The zero-order valence-electron chi connectivity index (χ0n) is 9.18. The van der Waals surface area contributed by atoms with Crippen LogP contribution in [0.5, 0.6) is 0 Å². The van der Waals surface area contributed by atoms with Crippen LogP contribution in [0.2, 0.25) is 0 Å². The number of anilines is 1. The first-order chi connectivity index (χ1) is 7.65. The van der Waals surface area contributed by atoms with Crippen molar-refractivity contribution in [3.05, 3.63) is 36.4 Å². The molecule has 0 saturated carbocycles. The molecular weight excluding hydrogens is 204 g/mol. The molecule has 0 saturated heterocycles. The fraction of sp³-hybridized carbons (Fsp3) is 0.167. The normalized spacial score (nSPS) is 16.6. The number of carbonyl (C=O) groups excluding carboxylic acids is 1. The third-order valence-electron chi connectivity index (χ3n) is 2.17. The molecule has 4 nitrogen and oxygen atoms in total. The molecule has 0 bridgehead atoms. The first-order valence-electron chi connectivity index (χ1n) is 4.91. The van der Waals surface area contributed by atoms with Gasteiger partial charge in [0.2, 0.25) is 5.90 Å². The quantitative estimate of drug-likeness (QED) is 0.709. The Bertz CT molecular complexity index is 458. The van der Waals surface area contributed by atoms with E-state index in [-0.39, 0.29) is 5.97 Å². The molecule has 0 amide bonds. The van der Waals surface area contributed by atoms with E-state index in [4.69, 9.17) is 4.74 Å². The third kappa shape index (κ3) is 2.28. The maximum absolute atomic E-state index is 10.8. The smallest absolute Gasteiger partial charge is 0.337 e. The van der Waals surface area contributed by atoms with Gasteiger partial charge in [-0.2, -0.15) is 0 Å². The Morgan fingerprint density at radius 2 is 1.81 bits per heavy atom. The number of hydrogen-bond acceptors (Lipinski definition) is 4. The number of esters is 1. The number of hydrogen-bond donors (Lipinski definition) is 0. The fourth-order valence-electron chi connectivity index (χ4n) is 1.32. The Morgan fingerprint density at radius 1 is 1.12 bits per heavy atom. The first kappa shape index (κ1) is 10.4. The van der Waals surface area contributed by atoms with Crippen LogP contribution < -0.4 is 4.90 Å². The van der Waals surface area contributed by atoms with Crippen molar-refractivity contribution in [3.63, 3.8) is 0 Å². The van der Waals surface area contributed by atoms with Gasteiger partial charge in [-0.25, -0.2) is 9.79 Å². The van der Waals surface area contributed by atoms with E-state index in [1.807, 2.05) is 43.3 Å². The van der Waals surface area contributed by atoms with Crippen molar-refractivity contribution in [2.24, 2.45) is 4.99 Å². The van der Waals surface area contributed by atoms with Gasteiger partial charge in [0.25, 0.3) is 0 Å². The summed E-state index contributed by atoms with van der Waals surface area (Å²) in [5.74, 6) is -0.0359. The summed E-state index contributed by atoms with van der Waals surface area (Å²) in [5.41, 5.74) is 1.86. The zero-order valence-corrected chi connectivity index (χ0v) is 9.18. The molecule has 0 N–H and O–H groups in total. The molecule has 1 heterocycles. The molecule has 82 valence electrons. The standard InChI is InChI=1S/C12H12N2O2/c1-14(2)10-5-3-9(4-6-10)13-11-7-8-12(15)16-11/h3-8H,1-2H3. The summed E-state index contributed by atoms with van der Waals surface area (Å²) >= 11 is 0. The summed E-state index contributed by atoms with van der Waals surface area (Å²) in [6.45, 7) is 0. The predicted octanol–water partition coefficient (Wildman–Crippen LogP) is 1.90. The van der Waals surface area contributed by atoms with Crippen LogP contribution in [0.3, 0.4) is 0 Å². The molecular formula is C12H12N2O2. The highest BCUT2D eigenvalue weighted by Gasteiger charge is 2.10. The van der Waals surface area contributed by atoms with E-state index >= 15 is 0 Å². The SMILES string of the molecule is CN(C)c1ccc(N=C2C=CC(=O)O2)cc1. The number of cyclic esters (lactones) is 1. The summed E-state index contributed by atoms with van der Waals surface area (Å²) in [7, 11) is 3.95. The number of benzene rings is 1. The van der Waals surface area contributed by atoms with Crippen LogP contribution in [0, 0.1) is 0 Å². The van der Waals surface area contributed by atoms with E-state index in [9.17, 15) is 4.79 Å². The van der Waals surface area contributed by atoms with Crippen LogP contribution in [0.1, 0.15) is 0 Å². The average Bonchev–Trinajstić information content (AvgIpc) is 2.65. The summed E-state index contributed by atoms with van der Waals surface area (Å²) in [6, 6.07) is 7.67. The van der Waals surface area contributed by atoms with Crippen LogP contribution in [0.4, 0.5) is 11.4 Å². The summed E-state index contributed by atoms with van der Waals surface area (Å²) in [5, 5.41) is 0. The Hall–Kier alpha value is -2.10. The lowest BCUT2D eigenvalue weighted by molar-refractivity contribution is -0.129. The van der Waals surface area contributed by atoms with Crippen LogP contribution in [-0.4, -0.2) is 26.0 Å². The Kier molecular flexibility index (Phi) is 2.72. The monoisotopic (exact) mass is 216 g/mol. The van der Waals surface area contributed by atoms with Crippen molar-refractivity contribution in [2.75, 3.05) is 19.0 Å². The number of nitrogens with zero attached hydrogens (tertiary/aromatic N) is 2. The topological polar surface area (TPSA) is 41.9 Å². The molecule has 1 aromatic rings. The number of aliphatic imine (C=N–C) groups is 1. The van der Waals surface area contributed by atoms with Crippen molar-refractivity contribution in [3.8, 4) is 0 Å². The van der Waals surface area contributed by atoms with Crippen molar-refractivity contribution in [1.29, 1.82) is 0 Å². The highest BCUT2D eigenvalue weighted by atomic mass is 16.5. The van der Waals surface area contributed by atoms with E-state index in [1.165, 1.54) is 6.08 Å². The van der Waals surface area contributed by atoms with E-state index in [0.717, 1.165) is 11.4 Å². The molecule has 0 unspecified atom stereocenters. The molecule has 0 aliphatic carbocycles. The molecule has 0 radical (unpaired) electrons. The van der Waals surface area contributed by atoms with Gasteiger partial charge in [-0.3, -0.25) is 0 Å². The summed E-state index contributed by atoms with van der Waals surface area (Å²) in [4.78, 5) is 17.0. The highest BCUT2D eigenvalue weighted by molar-refractivity contribution is 6.08. The van der Waals surface area contributed by atoms with Crippen molar-refractivity contribution in [2.45, 2.75) is 0 Å². The molecule has 1 aliphatic rings. The molecule has 2 rings (SSSR count). The van der Waals surface area contributed by atoms with Gasteiger partial charge < -0.3 is 9.64 Å². The van der Waals surface area contributed by atoms with Crippen LogP contribution in [-0.2, 0) is 9.53 Å². The average molecular weight is 216 g/mol. The van der Waals surface area contributed by atoms with Crippen molar-refractivity contribution >= 4 is 23.2 Å². The number of carbonyl (C=O) groups is 1. The molecule has 1 aromatic carbocycles. The minimum Gasteiger partial charge on any atom is -0.404 e. The second kappa shape index (κ2) is 4.18. The summed E-state index contributed by atoms with van der Waals surface area (Å²) in [6.07, 6.45) is 2.91. The lowest BCUT2D eigenvalue weighted by atomic mass is 10.3. The van der Waals surface area contributed by atoms with Gasteiger partial charge >= 0.3 is 5.97 Å². The van der Waals surface area contributed by atoms with Gasteiger partial charge in [0.15, 0.2) is 0 Å². The second-order valence-electron chi connectivity index (χ2n) is 3.62. The lowest BCUT2D eigenvalue weighted by Crippen LogP contribution is -2.07. The number of ether oxygens (including phenoxy) is 1. The second-order valence-corrected chi connectivity index (χ2v) is 3.62. The van der Waals surface area contributed by atoms with Gasteiger partial charge in [-0.15, -0.1) is 0 Å². The largest absolute Gasteiger partial charge is 0.404 e. The van der Waals surface area contributed by atoms with Gasteiger partial charge in [-0.1, -0.05) is 0 Å². The van der Waals surface area contributed by atoms with Crippen LogP contribution >= 0.6 is 0 Å². The zero-order chi connectivity index (χ0) is 11.5. The maximum Gasteiger partial charge on any atom is 0.337 e. The Labute approximate surface area is 93.9 Å². The van der Waals surface area contributed by atoms with Crippen LogP contribution in [0.15, 0.2) is 41.4 Å².